The van der Waals surface area contributed by atoms with Crippen LogP contribution in [0.1, 0.15) is 41.6 Å². The van der Waals surface area contributed by atoms with Gasteiger partial charge in [0.1, 0.15) is 0 Å². The number of benzene rings is 2. The van der Waals surface area contributed by atoms with Crippen LogP contribution in [0.15, 0.2) is 24.3 Å². The molecule has 1 heterocycles. The lowest BCUT2D eigenvalue weighted by molar-refractivity contribution is 0.183. The van der Waals surface area contributed by atoms with Crippen molar-refractivity contribution < 1.29 is 10.2 Å². The highest BCUT2D eigenvalue weighted by atomic mass is 16.3. The van der Waals surface area contributed by atoms with Crippen LogP contribution < -0.4 is 0 Å². The second kappa shape index (κ2) is 5.27. The van der Waals surface area contributed by atoms with Crippen molar-refractivity contribution in [2.75, 3.05) is 13.1 Å². The van der Waals surface area contributed by atoms with E-state index in [4.69, 9.17) is 0 Å². The molecule has 23 heavy (non-hydrogen) atoms. The maximum atomic E-state index is 10.5. The number of phenols is 2. The lowest BCUT2D eigenvalue weighted by Gasteiger charge is -2.42. The van der Waals surface area contributed by atoms with Crippen molar-refractivity contribution >= 4 is 0 Å². The highest BCUT2D eigenvalue weighted by Crippen LogP contribution is 2.50. The third-order valence-corrected chi connectivity index (χ3v) is 5.29. The standard InChI is InChI=1S/C20H23NO2/c1-3-7-21-8-6-14-9-12(2)10-15-18(14)16(21)11-13-4-5-17(22)20(23)19(13)15/h4-5,9-10,16,22-23H,3,6-8,11H2,1-2H3/t16-/m1/s1. The minimum Gasteiger partial charge on any atom is -0.504 e. The second-order valence-electron chi connectivity index (χ2n) is 6.86. The van der Waals surface area contributed by atoms with Crippen molar-refractivity contribution in [2.24, 2.45) is 0 Å². The van der Waals surface area contributed by atoms with Gasteiger partial charge >= 0.3 is 0 Å². The first-order valence-corrected chi connectivity index (χ1v) is 8.51. The van der Waals surface area contributed by atoms with Gasteiger partial charge in [0.05, 0.1) is 0 Å². The summed E-state index contributed by atoms with van der Waals surface area (Å²) in [7, 11) is 0. The maximum absolute atomic E-state index is 10.5. The molecule has 3 nitrogen and oxygen atoms in total. The van der Waals surface area contributed by atoms with Crippen LogP contribution in [0, 0.1) is 6.92 Å². The maximum Gasteiger partial charge on any atom is 0.165 e. The summed E-state index contributed by atoms with van der Waals surface area (Å²) < 4.78 is 0. The molecule has 0 saturated heterocycles. The van der Waals surface area contributed by atoms with Crippen LogP contribution in [-0.2, 0) is 12.8 Å². The van der Waals surface area contributed by atoms with Crippen LogP contribution >= 0.6 is 0 Å². The van der Waals surface area contributed by atoms with Gasteiger partial charge in [-0.25, -0.2) is 0 Å². The van der Waals surface area contributed by atoms with Crippen molar-refractivity contribution in [1.29, 1.82) is 0 Å². The molecule has 1 aliphatic carbocycles. The van der Waals surface area contributed by atoms with Gasteiger partial charge in [0.25, 0.3) is 0 Å². The highest BCUT2D eigenvalue weighted by molar-refractivity contribution is 5.82. The topological polar surface area (TPSA) is 43.7 Å². The van der Waals surface area contributed by atoms with E-state index in [0.29, 0.717) is 6.04 Å². The van der Waals surface area contributed by atoms with E-state index in [2.05, 4.69) is 30.9 Å². The second-order valence-corrected chi connectivity index (χ2v) is 6.86. The molecule has 2 aromatic carbocycles. The molecule has 0 radical (unpaired) electrons. The summed E-state index contributed by atoms with van der Waals surface area (Å²) in [6.45, 7) is 6.55. The van der Waals surface area contributed by atoms with Crippen LogP contribution in [0.25, 0.3) is 11.1 Å². The summed E-state index contributed by atoms with van der Waals surface area (Å²) in [6, 6.07) is 8.43. The molecule has 4 rings (SSSR count). The highest BCUT2D eigenvalue weighted by Gasteiger charge is 2.35. The van der Waals surface area contributed by atoms with E-state index in [9.17, 15) is 10.2 Å². The third-order valence-electron chi connectivity index (χ3n) is 5.29. The Morgan fingerprint density at radius 3 is 2.78 bits per heavy atom. The minimum atomic E-state index is -0.0290. The van der Waals surface area contributed by atoms with Crippen LogP contribution in [0.5, 0.6) is 11.5 Å². The van der Waals surface area contributed by atoms with Crippen molar-refractivity contribution in [2.45, 2.75) is 39.2 Å². The van der Waals surface area contributed by atoms with Gasteiger partial charge in [0.2, 0.25) is 0 Å². The Balaban J connectivity index is 1.98. The van der Waals surface area contributed by atoms with Gasteiger partial charge < -0.3 is 10.2 Å². The van der Waals surface area contributed by atoms with Gasteiger partial charge in [0, 0.05) is 18.2 Å². The number of rotatable bonds is 2. The SMILES string of the molecule is CCCN1CCc2cc(C)cc3c2[C@H]1Cc1ccc(O)c(O)c1-3. The minimum absolute atomic E-state index is 0.0290. The molecule has 1 aliphatic heterocycles. The number of hydrogen-bond donors (Lipinski definition) is 2. The summed E-state index contributed by atoms with van der Waals surface area (Å²) in [4.78, 5) is 2.58. The molecule has 0 amide bonds. The first-order valence-electron chi connectivity index (χ1n) is 8.51. The summed E-state index contributed by atoms with van der Waals surface area (Å²) in [5, 5.41) is 20.4. The van der Waals surface area contributed by atoms with Crippen molar-refractivity contribution in [3.63, 3.8) is 0 Å². The molecular formula is C20H23NO2. The predicted octanol–water partition coefficient (Wildman–Crippen LogP) is 3.94. The number of hydrogen-bond acceptors (Lipinski definition) is 3. The Kier molecular flexibility index (Phi) is 3.34. The Hall–Kier alpha value is -2.00. The van der Waals surface area contributed by atoms with Crippen LogP contribution in [-0.4, -0.2) is 28.2 Å². The van der Waals surface area contributed by atoms with Gasteiger partial charge in [-0.15, -0.1) is 0 Å². The fourth-order valence-electron chi connectivity index (χ4n) is 4.37. The molecular weight excluding hydrogens is 286 g/mol. The van der Waals surface area contributed by atoms with E-state index in [1.165, 1.54) is 16.7 Å². The molecule has 0 aromatic heterocycles. The Labute approximate surface area is 137 Å². The third kappa shape index (κ3) is 2.14. The number of aromatic hydroxyl groups is 2. The van der Waals surface area contributed by atoms with E-state index in [-0.39, 0.29) is 11.5 Å². The molecule has 120 valence electrons. The number of aryl methyl sites for hydroxylation is 1. The summed E-state index contributed by atoms with van der Waals surface area (Å²) >= 11 is 0. The van der Waals surface area contributed by atoms with Crippen LogP contribution in [0.4, 0.5) is 0 Å². The summed E-state index contributed by atoms with van der Waals surface area (Å²) in [6.07, 6.45) is 3.13. The Morgan fingerprint density at radius 2 is 2.00 bits per heavy atom. The zero-order chi connectivity index (χ0) is 16.1. The number of fused-ring (bicyclic) bond motifs is 2. The number of phenolic OH excluding ortho intramolecular Hbond substituents is 2. The zero-order valence-electron chi connectivity index (χ0n) is 13.8. The van der Waals surface area contributed by atoms with Crippen molar-refractivity contribution in [1.82, 2.24) is 4.90 Å². The monoisotopic (exact) mass is 309 g/mol. The molecule has 1 atom stereocenters. The molecule has 2 aromatic rings. The Bertz CT molecular complexity index is 782. The van der Waals surface area contributed by atoms with Gasteiger partial charge in [-0.05, 0) is 61.1 Å². The fourth-order valence-corrected chi connectivity index (χ4v) is 4.37. The Morgan fingerprint density at radius 1 is 1.17 bits per heavy atom. The van der Waals surface area contributed by atoms with Gasteiger partial charge in [-0.1, -0.05) is 30.7 Å². The van der Waals surface area contributed by atoms with Gasteiger partial charge in [-0.3, -0.25) is 4.90 Å². The molecule has 0 fully saturated rings. The fraction of sp³-hybridized carbons (Fsp3) is 0.400. The summed E-state index contributed by atoms with van der Waals surface area (Å²) in [5.41, 5.74) is 7.07. The van der Waals surface area contributed by atoms with E-state index >= 15 is 0 Å². The molecule has 0 saturated carbocycles. The molecule has 3 heteroatoms. The van der Waals surface area contributed by atoms with Crippen LogP contribution in [0.3, 0.4) is 0 Å². The molecule has 2 aliphatic rings. The lowest BCUT2D eigenvalue weighted by atomic mass is 9.76. The average molecular weight is 309 g/mol. The first kappa shape index (κ1) is 14.6. The molecule has 0 unspecified atom stereocenters. The van der Waals surface area contributed by atoms with Gasteiger partial charge in [-0.2, -0.15) is 0 Å². The molecule has 2 N–H and O–H groups in total. The van der Waals surface area contributed by atoms with Crippen LogP contribution in [0.2, 0.25) is 0 Å². The zero-order valence-corrected chi connectivity index (χ0v) is 13.8. The smallest absolute Gasteiger partial charge is 0.165 e. The van der Waals surface area contributed by atoms with Crippen molar-refractivity contribution in [3.8, 4) is 22.6 Å². The van der Waals surface area contributed by atoms with E-state index in [0.717, 1.165) is 49.0 Å². The average Bonchev–Trinajstić information content (AvgIpc) is 2.53. The lowest BCUT2D eigenvalue weighted by Crippen LogP contribution is -2.38. The normalized spacial score (nSPS) is 19.3. The van der Waals surface area contributed by atoms with E-state index in [1.54, 1.807) is 6.07 Å². The van der Waals surface area contributed by atoms with Crippen molar-refractivity contribution in [3.05, 3.63) is 46.5 Å². The molecule has 0 spiro atoms. The first-order chi connectivity index (χ1) is 11.1. The quantitative estimate of drug-likeness (QED) is 0.826. The van der Waals surface area contributed by atoms with E-state index < -0.39 is 0 Å². The largest absolute Gasteiger partial charge is 0.504 e. The van der Waals surface area contributed by atoms with Gasteiger partial charge in [0.15, 0.2) is 11.5 Å². The molecule has 0 bridgehead atoms. The summed E-state index contributed by atoms with van der Waals surface area (Å²) in [5.74, 6) is 0.0000415. The number of nitrogens with zero attached hydrogens (tertiary/aromatic N) is 1. The predicted molar refractivity (Wildman–Crippen MR) is 92.0 cm³/mol. The van der Waals surface area contributed by atoms with E-state index in [1.807, 2.05) is 6.07 Å².